The number of hydrogen-bond acceptors (Lipinski definition) is 5. The number of hydrogen-bond donors (Lipinski definition) is 2. The Morgan fingerprint density at radius 2 is 1.84 bits per heavy atom. The van der Waals surface area contributed by atoms with E-state index in [4.69, 9.17) is 16.3 Å². The van der Waals surface area contributed by atoms with Crippen LogP contribution in [0.25, 0.3) is 0 Å². The molecule has 0 unspecified atom stereocenters. The lowest BCUT2D eigenvalue weighted by atomic mass is 9.76. The van der Waals surface area contributed by atoms with Gasteiger partial charge < -0.3 is 10.1 Å². The van der Waals surface area contributed by atoms with Gasteiger partial charge in [-0.15, -0.1) is 0 Å². The fraction of sp³-hybridized carbons (Fsp3) is 0.348. The molecule has 0 aromatic heterocycles. The molecule has 0 aliphatic carbocycles. The summed E-state index contributed by atoms with van der Waals surface area (Å²) in [5, 5.41) is 6.67. The van der Waals surface area contributed by atoms with Gasteiger partial charge in [-0.05, 0) is 18.1 Å². The first-order chi connectivity index (χ1) is 15.0. The fourth-order valence-electron chi connectivity index (χ4n) is 5.30. The Bertz CT molecular complexity index is 1080. The van der Waals surface area contributed by atoms with E-state index < -0.39 is 17.4 Å². The summed E-state index contributed by atoms with van der Waals surface area (Å²) in [6.45, 7) is 0.411. The minimum atomic E-state index is -1.33. The Hall–Kier alpha value is -2.74. The number of fused-ring (bicyclic) bond motifs is 4. The van der Waals surface area contributed by atoms with E-state index in [-0.39, 0.29) is 36.9 Å². The summed E-state index contributed by atoms with van der Waals surface area (Å²) in [5.41, 5.74) is 0.802. The van der Waals surface area contributed by atoms with E-state index in [9.17, 15) is 14.4 Å². The van der Waals surface area contributed by atoms with Gasteiger partial charge in [-0.2, -0.15) is 0 Å². The maximum atomic E-state index is 13.5. The van der Waals surface area contributed by atoms with Gasteiger partial charge in [0.2, 0.25) is 17.7 Å². The lowest BCUT2D eigenvalue weighted by molar-refractivity contribution is -0.143. The molecule has 3 heterocycles. The number of anilines is 1. The quantitative estimate of drug-likeness (QED) is 0.695. The van der Waals surface area contributed by atoms with Gasteiger partial charge in [0.1, 0.15) is 5.54 Å². The lowest BCUT2D eigenvalue weighted by Crippen LogP contribution is -2.53. The van der Waals surface area contributed by atoms with E-state index in [1.807, 2.05) is 30.3 Å². The van der Waals surface area contributed by atoms with Crippen LogP contribution >= 0.6 is 11.6 Å². The zero-order chi connectivity index (χ0) is 21.8. The van der Waals surface area contributed by atoms with Crippen molar-refractivity contribution in [1.29, 1.82) is 0 Å². The maximum absolute atomic E-state index is 13.5. The molecule has 2 aromatic carbocycles. The number of ether oxygens (including phenoxy) is 1. The Balaban J connectivity index is 1.62. The predicted molar refractivity (Wildman–Crippen MR) is 114 cm³/mol. The molecule has 31 heavy (non-hydrogen) atoms. The first kappa shape index (κ1) is 20.2. The van der Waals surface area contributed by atoms with Crippen LogP contribution in [0.4, 0.5) is 5.69 Å². The third-order valence-corrected chi connectivity index (χ3v) is 6.92. The summed E-state index contributed by atoms with van der Waals surface area (Å²) in [5.74, 6) is -2.46. The van der Waals surface area contributed by atoms with Gasteiger partial charge in [0, 0.05) is 18.7 Å². The number of rotatable bonds is 5. The molecule has 2 fully saturated rings. The molecule has 3 aliphatic rings. The number of carbonyl (C=O) groups excluding carboxylic acids is 3. The van der Waals surface area contributed by atoms with Gasteiger partial charge in [0.15, 0.2) is 0 Å². The normalized spacial score (nSPS) is 28.9. The van der Waals surface area contributed by atoms with E-state index in [2.05, 4.69) is 10.6 Å². The smallest absolute Gasteiger partial charge is 0.250 e. The highest BCUT2D eigenvalue weighted by Gasteiger charge is 2.70. The molecule has 0 radical (unpaired) electrons. The zero-order valence-corrected chi connectivity index (χ0v) is 17.7. The van der Waals surface area contributed by atoms with E-state index in [1.54, 1.807) is 18.2 Å². The number of amides is 3. The highest BCUT2D eigenvalue weighted by molar-refractivity contribution is 6.35. The van der Waals surface area contributed by atoms with Crippen molar-refractivity contribution in [2.75, 3.05) is 25.6 Å². The van der Waals surface area contributed by atoms with Gasteiger partial charge in [-0.25, -0.2) is 0 Å². The van der Waals surface area contributed by atoms with Gasteiger partial charge in [0.25, 0.3) is 0 Å². The summed E-state index contributed by atoms with van der Waals surface area (Å²) < 4.78 is 5.10. The van der Waals surface area contributed by atoms with Crippen molar-refractivity contribution in [2.45, 2.75) is 18.0 Å². The van der Waals surface area contributed by atoms with Crippen molar-refractivity contribution in [3.05, 3.63) is 64.7 Å². The molecule has 3 amide bonds. The van der Waals surface area contributed by atoms with E-state index in [0.29, 0.717) is 22.7 Å². The topological polar surface area (TPSA) is 87.7 Å². The number of para-hydroxylation sites is 1. The SMILES string of the molecule is COCCN1C(=O)[C@@H]2[C@H](Cc3ccccc3)N[C@@]3(C(=O)Nc4c(Cl)cccc43)[C@@H]2C1=O. The van der Waals surface area contributed by atoms with E-state index in [1.165, 1.54) is 12.0 Å². The largest absolute Gasteiger partial charge is 0.383 e. The van der Waals surface area contributed by atoms with Crippen LogP contribution in [0.1, 0.15) is 11.1 Å². The molecule has 2 aromatic rings. The number of likely N-dealkylation sites (tertiary alicyclic amines) is 1. The molecular formula is C23H22ClN3O4. The second-order valence-electron chi connectivity index (χ2n) is 8.19. The Morgan fingerprint density at radius 1 is 1.06 bits per heavy atom. The standard InChI is InChI=1S/C23H22ClN3O4/c1-31-11-10-27-20(28)17-16(12-13-6-3-2-4-7-13)26-23(18(17)21(27)29)14-8-5-9-15(24)19(14)25-22(23)30/h2-9,16-18,26H,10-12H2,1H3,(H,25,30)/t16-,17+,18-,23+/m0/s1. The summed E-state index contributed by atoms with van der Waals surface area (Å²) in [4.78, 5) is 41.5. The van der Waals surface area contributed by atoms with Crippen molar-refractivity contribution >= 4 is 35.0 Å². The van der Waals surface area contributed by atoms with Crippen molar-refractivity contribution < 1.29 is 19.1 Å². The van der Waals surface area contributed by atoms with Crippen LogP contribution in [0.2, 0.25) is 5.02 Å². The summed E-state index contributed by atoms with van der Waals surface area (Å²) >= 11 is 6.35. The van der Waals surface area contributed by atoms with Gasteiger partial charge >= 0.3 is 0 Å². The number of imide groups is 1. The van der Waals surface area contributed by atoms with Crippen molar-refractivity contribution in [3.63, 3.8) is 0 Å². The maximum Gasteiger partial charge on any atom is 0.250 e. The molecule has 8 heteroatoms. The monoisotopic (exact) mass is 439 g/mol. The number of halogens is 1. The third-order valence-electron chi connectivity index (χ3n) is 6.61. The Labute approximate surface area is 184 Å². The van der Waals surface area contributed by atoms with E-state index >= 15 is 0 Å². The highest BCUT2D eigenvalue weighted by Crippen LogP contribution is 2.54. The molecule has 7 nitrogen and oxygen atoms in total. The molecular weight excluding hydrogens is 418 g/mol. The number of carbonyl (C=O) groups is 3. The minimum absolute atomic E-state index is 0.166. The molecule has 3 aliphatic heterocycles. The Kier molecular flexibility index (Phi) is 4.84. The number of nitrogens with zero attached hydrogens (tertiary/aromatic N) is 1. The van der Waals surface area contributed by atoms with Crippen LogP contribution in [0, 0.1) is 11.8 Å². The summed E-state index contributed by atoms with van der Waals surface area (Å²) in [6, 6.07) is 14.6. The molecule has 4 atom stereocenters. The van der Waals surface area contributed by atoms with Crippen molar-refractivity contribution in [1.82, 2.24) is 10.2 Å². The molecule has 0 saturated carbocycles. The second kappa shape index (κ2) is 7.44. The van der Waals surface area contributed by atoms with Crippen LogP contribution in [0.5, 0.6) is 0 Å². The molecule has 160 valence electrons. The highest BCUT2D eigenvalue weighted by atomic mass is 35.5. The summed E-state index contributed by atoms with van der Waals surface area (Å²) in [7, 11) is 1.52. The molecule has 1 spiro atoms. The molecule has 0 bridgehead atoms. The average molecular weight is 440 g/mol. The van der Waals surface area contributed by atoms with Crippen LogP contribution in [0.3, 0.4) is 0 Å². The number of methoxy groups -OCH3 is 1. The molecule has 2 saturated heterocycles. The molecule has 2 N–H and O–H groups in total. The zero-order valence-electron chi connectivity index (χ0n) is 16.9. The Morgan fingerprint density at radius 3 is 2.58 bits per heavy atom. The minimum Gasteiger partial charge on any atom is -0.383 e. The fourth-order valence-corrected chi connectivity index (χ4v) is 5.52. The number of benzene rings is 2. The van der Waals surface area contributed by atoms with Crippen molar-refractivity contribution in [2.24, 2.45) is 11.8 Å². The average Bonchev–Trinajstić information content (AvgIpc) is 3.34. The van der Waals surface area contributed by atoms with Crippen LogP contribution in [-0.4, -0.2) is 48.9 Å². The predicted octanol–water partition coefficient (Wildman–Crippen LogP) is 1.95. The van der Waals surface area contributed by atoms with Crippen LogP contribution in [-0.2, 0) is 31.1 Å². The third kappa shape index (κ3) is 2.84. The first-order valence-electron chi connectivity index (χ1n) is 10.2. The van der Waals surface area contributed by atoms with Gasteiger partial charge in [-0.3, -0.25) is 24.6 Å². The van der Waals surface area contributed by atoms with Gasteiger partial charge in [-0.1, -0.05) is 54.1 Å². The van der Waals surface area contributed by atoms with Crippen LogP contribution < -0.4 is 10.6 Å². The summed E-state index contributed by atoms with van der Waals surface area (Å²) in [6.07, 6.45) is 0.518. The van der Waals surface area contributed by atoms with Crippen molar-refractivity contribution in [3.8, 4) is 0 Å². The second-order valence-corrected chi connectivity index (χ2v) is 8.60. The molecule has 5 rings (SSSR count). The van der Waals surface area contributed by atoms with Gasteiger partial charge in [0.05, 0.1) is 35.7 Å². The van der Waals surface area contributed by atoms with Crippen LogP contribution in [0.15, 0.2) is 48.5 Å². The number of nitrogens with one attached hydrogen (secondary N) is 2. The van der Waals surface area contributed by atoms with E-state index in [0.717, 1.165) is 5.56 Å². The first-order valence-corrected chi connectivity index (χ1v) is 10.6. The lowest BCUT2D eigenvalue weighted by Gasteiger charge is -2.29.